The first kappa shape index (κ1) is 19.9. The molecule has 1 aromatic carbocycles. The lowest BCUT2D eigenvalue weighted by molar-refractivity contribution is -0.385. The number of nitrogens with zero attached hydrogens (tertiary/aromatic N) is 3. The maximum absolute atomic E-state index is 12.9. The van der Waals surface area contributed by atoms with E-state index in [4.69, 9.17) is 9.47 Å². The molecule has 2 amide bonds. The van der Waals surface area contributed by atoms with Crippen LogP contribution in [0.1, 0.15) is 24.2 Å². The maximum Gasteiger partial charge on any atom is 0.286 e. The van der Waals surface area contributed by atoms with Crippen LogP contribution in [0.4, 0.5) is 5.69 Å². The van der Waals surface area contributed by atoms with Crippen LogP contribution in [0.5, 0.6) is 11.5 Å². The molecule has 0 aliphatic carbocycles. The van der Waals surface area contributed by atoms with E-state index in [1.54, 1.807) is 4.90 Å². The minimum atomic E-state index is -0.585. The van der Waals surface area contributed by atoms with Crippen molar-refractivity contribution in [2.45, 2.75) is 19.9 Å². The number of nitro groups is 1. The molecule has 10 heteroatoms. The van der Waals surface area contributed by atoms with E-state index in [1.165, 1.54) is 12.1 Å². The molecular formula is C18H24N4O6. The first-order valence-electron chi connectivity index (χ1n) is 9.24. The zero-order chi connectivity index (χ0) is 20.3. The van der Waals surface area contributed by atoms with Gasteiger partial charge in [0, 0.05) is 38.3 Å². The number of carbonyl (C=O) groups excluding carboxylic acids is 2. The summed E-state index contributed by atoms with van der Waals surface area (Å²) in [7, 11) is 0. The molecule has 0 atom stereocenters. The summed E-state index contributed by atoms with van der Waals surface area (Å²) in [5.74, 6) is 0.131. The number of nitrogens with one attached hydrogen (secondary N) is 1. The quantitative estimate of drug-likeness (QED) is 0.578. The Bertz CT molecular complexity index is 774. The van der Waals surface area contributed by atoms with E-state index in [1.807, 2.05) is 18.7 Å². The SMILES string of the molecule is CC(C)NC(=O)CN1CCN(C(=O)c2cc3c(cc2[N+](=O)[O-])OCCO3)CC1. The van der Waals surface area contributed by atoms with Gasteiger partial charge in [0.05, 0.1) is 17.5 Å². The number of piperazine rings is 1. The van der Waals surface area contributed by atoms with E-state index in [9.17, 15) is 19.7 Å². The Labute approximate surface area is 162 Å². The Balaban J connectivity index is 1.68. The van der Waals surface area contributed by atoms with Crippen molar-refractivity contribution < 1.29 is 24.0 Å². The molecule has 0 bridgehead atoms. The summed E-state index contributed by atoms with van der Waals surface area (Å²) in [5, 5.41) is 14.3. The van der Waals surface area contributed by atoms with Crippen LogP contribution in [-0.2, 0) is 4.79 Å². The van der Waals surface area contributed by atoms with Crippen molar-refractivity contribution in [3.05, 3.63) is 27.8 Å². The van der Waals surface area contributed by atoms with Gasteiger partial charge in [-0.3, -0.25) is 24.6 Å². The van der Waals surface area contributed by atoms with Gasteiger partial charge >= 0.3 is 0 Å². The fourth-order valence-corrected chi connectivity index (χ4v) is 3.25. The van der Waals surface area contributed by atoms with Crippen LogP contribution in [0.15, 0.2) is 12.1 Å². The average molecular weight is 392 g/mol. The molecule has 3 rings (SSSR count). The minimum Gasteiger partial charge on any atom is -0.486 e. The van der Waals surface area contributed by atoms with Crippen molar-refractivity contribution >= 4 is 17.5 Å². The Kier molecular flexibility index (Phi) is 5.98. The summed E-state index contributed by atoms with van der Waals surface area (Å²) in [6.07, 6.45) is 0. The second-order valence-electron chi connectivity index (χ2n) is 7.06. The predicted octanol–water partition coefficient (Wildman–Crippen LogP) is 0.648. The van der Waals surface area contributed by atoms with Crippen molar-refractivity contribution in [3.63, 3.8) is 0 Å². The van der Waals surface area contributed by atoms with Gasteiger partial charge in [0.2, 0.25) is 5.91 Å². The third-order valence-electron chi connectivity index (χ3n) is 4.56. The molecule has 0 unspecified atom stereocenters. The van der Waals surface area contributed by atoms with Gasteiger partial charge in [0.15, 0.2) is 11.5 Å². The normalized spacial score (nSPS) is 16.8. The monoisotopic (exact) mass is 392 g/mol. The van der Waals surface area contributed by atoms with Crippen molar-refractivity contribution in [3.8, 4) is 11.5 Å². The number of nitro benzene ring substituents is 1. The predicted molar refractivity (Wildman–Crippen MR) is 99.7 cm³/mol. The van der Waals surface area contributed by atoms with E-state index >= 15 is 0 Å². The lowest BCUT2D eigenvalue weighted by Gasteiger charge is -2.34. The van der Waals surface area contributed by atoms with Crippen LogP contribution in [0.2, 0.25) is 0 Å². The minimum absolute atomic E-state index is 0.0137. The molecule has 1 saturated heterocycles. The van der Waals surface area contributed by atoms with Gasteiger partial charge < -0.3 is 19.7 Å². The topological polar surface area (TPSA) is 114 Å². The summed E-state index contributed by atoms with van der Waals surface area (Å²) < 4.78 is 10.8. The molecule has 152 valence electrons. The smallest absolute Gasteiger partial charge is 0.286 e. The van der Waals surface area contributed by atoms with Crippen molar-refractivity contribution in [1.82, 2.24) is 15.1 Å². The van der Waals surface area contributed by atoms with Gasteiger partial charge in [-0.15, -0.1) is 0 Å². The summed E-state index contributed by atoms with van der Waals surface area (Å²) in [6.45, 7) is 6.53. The molecule has 1 aromatic rings. The Hall–Kier alpha value is -2.88. The first-order chi connectivity index (χ1) is 13.3. The molecule has 0 spiro atoms. The Morgan fingerprint density at radius 2 is 1.75 bits per heavy atom. The van der Waals surface area contributed by atoms with Gasteiger partial charge in [-0.05, 0) is 13.8 Å². The summed E-state index contributed by atoms with van der Waals surface area (Å²) in [4.78, 5) is 39.2. The molecule has 0 saturated carbocycles. The van der Waals surface area contributed by atoms with Crippen molar-refractivity contribution in [1.29, 1.82) is 0 Å². The van der Waals surface area contributed by atoms with Crippen LogP contribution in [0.3, 0.4) is 0 Å². The van der Waals surface area contributed by atoms with Gasteiger partial charge in [0.25, 0.3) is 11.6 Å². The van der Waals surface area contributed by atoms with Crippen LogP contribution in [0.25, 0.3) is 0 Å². The zero-order valence-corrected chi connectivity index (χ0v) is 16.0. The number of benzene rings is 1. The number of hydrogen-bond donors (Lipinski definition) is 1. The van der Waals surface area contributed by atoms with Crippen molar-refractivity contribution in [2.75, 3.05) is 45.9 Å². The highest BCUT2D eigenvalue weighted by Gasteiger charge is 2.31. The lowest BCUT2D eigenvalue weighted by Crippen LogP contribution is -2.51. The molecule has 28 heavy (non-hydrogen) atoms. The standard InChI is InChI=1S/C18H24N4O6/c1-12(2)19-17(23)11-20-3-5-21(6-4-20)18(24)13-9-15-16(28-8-7-27-15)10-14(13)22(25)26/h9-10,12H,3-8,11H2,1-2H3,(H,19,23). The number of carbonyl (C=O) groups is 2. The number of fused-ring (bicyclic) bond motifs is 1. The molecule has 2 heterocycles. The highest BCUT2D eigenvalue weighted by atomic mass is 16.6. The molecular weight excluding hydrogens is 368 g/mol. The van der Waals surface area contributed by atoms with E-state index < -0.39 is 10.8 Å². The van der Waals surface area contributed by atoms with Crippen LogP contribution < -0.4 is 14.8 Å². The van der Waals surface area contributed by atoms with E-state index in [0.29, 0.717) is 45.1 Å². The van der Waals surface area contributed by atoms with E-state index in [0.717, 1.165) is 0 Å². The Morgan fingerprint density at radius 1 is 1.14 bits per heavy atom. The highest BCUT2D eigenvalue weighted by Crippen LogP contribution is 2.37. The van der Waals surface area contributed by atoms with Gasteiger partial charge in [-0.25, -0.2) is 0 Å². The number of hydrogen-bond acceptors (Lipinski definition) is 7. The molecule has 1 N–H and O–H groups in total. The fraction of sp³-hybridized carbons (Fsp3) is 0.556. The third kappa shape index (κ3) is 4.50. The van der Waals surface area contributed by atoms with Gasteiger partial charge in [-0.1, -0.05) is 0 Å². The zero-order valence-electron chi connectivity index (χ0n) is 16.0. The maximum atomic E-state index is 12.9. The van der Waals surface area contributed by atoms with Gasteiger partial charge in [-0.2, -0.15) is 0 Å². The summed E-state index contributed by atoms with van der Waals surface area (Å²) in [5.41, 5.74) is -0.312. The van der Waals surface area contributed by atoms with Crippen LogP contribution in [0, 0.1) is 10.1 Å². The van der Waals surface area contributed by atoms with Crippen LogP contribution >= 0.6 is 0 Å². The molecule has 0 radical (unpaired) electrons. The van der Waals surface area contributed by atoms with E-state index in [-0.39, 0.29) is 35.5 Å². The molecule has 1 fully saturated rings. The van der Waals surface area contributed by atoms with E-state index in [2.05, 4.69) is 5.32 Å². The Morgan fingerprint density at radius 3 is 2.32 bits per heavy atom. The molecule has 0 aromatic heterocycles. The van der Waals surface area contributed by atoms with Gasteiger partial charge in [0.1, 0.15) is 18.8 Å². The fourth-order valence-electron chi connectivity index (χ4n) is 3.25. The highest BCUT2D eigenvalue weighted by molar-refractivity contribution is 5.99. The largest absolute Gasteiger partial charge is 0.486 e. The summed E-state index contributed by atoms with van der Waals surface area (Å²) in [6, 6.07) is 2.71. The number of rotatable bonds is 5. The molecule has 2 aliphatic heterocycles. The second-order valence-corrected chi connectivity index (χ2v) is 7.06. The van der Waals surface area contributed by atoms with Crippen molar-refractivity contribution in [2.24, 2.45) is 0 Å². The molecule has 2 aliphatic rings. The molecule has 10 nitrogen and oxygen atoms in total. The lowest BCUT2D eigenvalue weighted by atomic mass is 10.1. The van der Waals surface area contributed by atoms with Crippen LogP contribution in [-0.4, -0.2) is 78.5 Å². The summed E-state index contributed by atoms with van der Waals surface area (Å²) >= 11 is 0. The third-order valence-corrected chi connectivity index (χ3v) is 4.56. The number of ether oxygens (including phenoxy) is 2. The number of amides is 2. The average Bonchev–Trinajstić information content (AvgIpc) is 2.66. The second kappa shape index (κ2) is 8.42. The first-order valence-corrected chi connectivity index (χ1v) is 9.24.